The van der Waals surface area contributed by atoms with E-state index in [0.29, 0.717) is 0 Å². The number of carbonyl (C=O) groups excluding carboxylic acids is 1. The zero-order chi connectivity index (χ0) is 13.5. The summed E-state index contributed by atoms with van der Waals surface area (Å²) in [6.07, 6.45) is 0. The van der Waals surface area contributed by atoms with Gasteiger partial charge in [-0.15, -0.1) is 0 Å². The number of benzene rings is 1. The minimum atomic E-state index is -0.133. The van der Waals surface area contributed by atoms with E-state index in [1.165, 1.54) is 11.1 Å². The first-order valence-electron chi connectivity index (χ1n) is 6.66. The van der Waals surface area contributed by atoms with Gasteiger partial charge in [0.2, 0.25) is 5.91 Å². The molecule has 0 fully saturated rings. The summed E-state index contributed by atoms with van der Waals surface area (Å²) in [5, 5.41) is 3.28. The SMILES string of the molecule is CCN(CC)C(=O)C(C)NCc1ccc(C)cc1. The van der Waals surface area contributed by atoms with Crippen LogP contribution in [0.15, 0.2) is 24.3 Å². The van der Waals surface area contributed by atoms with Crippen LogP contribution in [0.25, 0.3) is 0 Å². The maximum absolute atomic E-state index is 12.0. The molecule has 1 amide bonds. The Labute approximate surface area is 110 Å². The molecule has 0 aromatic heterocycles. The van der Waals surface area contributed by atoms with Crippen LogP contribution in [-0.2, 0) is 11.3 Å². The molecule has 1 unspecified atom stereocenters. The second-order valence-corrected chi connectivity index (χ2v) is 4.60. The second-order valence-electron chi connectivity index (χ2n) is 4.60. The lowest BCUT2D eigenvalue weighted by Gasteiger charge is -2.23. The minimum Gasteiger partial charge on any atom is -0.342 e. The van der Waals surface area contributed by atoms with Crippen LogP contribution in [0, 0.1) is 6.92 Å². The lowest BCUT2D eigenvalue weighted by molar-refractivity contribution is -0.132. The number of aryl methyl sites for hydroxylation is 1. The Kier molecular flexibility index (Phi) is 5.86. The summed E-state index contributed by atoms with van der Waals surface area (Å²) in [5.74, 6) is 0.173. The minimum absolute atomic E-state index is 0.133. The molecule has 0 aliphatic heterocycles. The fraction of sp³-hybridized carbons (Fsp3) is 0.533. The van der Waals surface area contributed by atoms with Crippen molar-refractivity contribution in [1.82, 2.24) is 10.2 Å². The van der Waals surface area contributed by atoms with E-state index in [4.69, 9.17) is 0 Å². The van der Waals surface area contributed by atoms with Gasteiger partial charge in [-0.2, -0.15) is 0 Å². The molecule has 1 N–H and O–H groups in total. The maximum Gasteiger partial charge on any atom is 0.239 e. The van der Waals surface area contributed by atoms with Gasteiger partial charge >= 0.3 is 0 Å². The monoisotopic (exact) mass is 248 g/mol. The Morgan fingerprint density at radius 2 is 1.78 bits per heavy atom. The van der Waals surface area contributed by atoms with Gasteiger partial charge in [-0.25, -0.2) is 0 Å². The Morgan fingerprint density at radius 1 is 1.22 bits per heavy atom. The van der Waals surface area contributed by atoms with Crippen LogP contribution in [0.1, 0.15) is 31.9 Å². The number of likely N-dealkylation sites (N-methyl/N-ethyl adjacent to an activating group) is 1. The number of carbonyl (C=O) groups is 1. The van der Waals surface area contributed by atoms with Crippen LogP contribution in [0.3, 0.4) is 0 Å². The number of amides is 1. The smallest absolute Gasteiger partial charge is 0.239 e. The lowest BCUT2D eigenvalue weighted by atomic mass is 10.1. The normalized spacial score (nSPS) is 12.2. The molecule has 1 aromatic carbocycles. The van der Waals surface area contributed by atoms with Gasteiger partial charge in [0.25, 0.3) is 0 Å². The van der Waals surface area contributed by atoms with Gasteiger partial charge in [0.05, 0.1) is 6.04 Å². The highest BCUT2D eigenvalue weighted by Gasteiger charge is 2.17. The summed E-state index contributed by atoms with van der Waals surface area (Å²) in [4.78, 5) is 13.9. The molecule has 0 heterocycles. The van der Waals surface area contributed by atoms with Crippen LogP contribution in [0.2, 0.25) is 0 Å². The van der Waals surface area contributed by atoms with E-state index in [2.05, 4.69) is 36.5 Å². The third kappa shape index (κ3) is 4.15. The molecule has 0 spiro atoms. The molecule has 3 nitrogen and oxygen atoms in total. The standard InChI is InChI=1S/C15H24N2O/c1-5-17(6-2)15(18)13(4)16-11-14-9-7-12(3)8-10-14/h7-10,13,16H,5-6,11H2,1-4H3. The number of hydrogen-bond acceptors (Lipinski definition) is 2. The number of hydrogen-bond donors (Lipinski definition) is 1. The van der Waals surface area contributed by atoms with Gasteiger partial charge in [0.15, 0.2) is 0 Å². The van der Waals surface area contributed by atoms with Crippen LogP contribution in [0.5, 0.6) is 0 Å². The largest absolute Gasteiger partial charge is 0.342 e. The molecule has 0 bridgehead atoms. The average molecular weight is 248 g/mol. The van der Waals surface area contributed by atoms with E-state index in [1.807, 2.05) is 25.7 Å². The molecule has 100 valence electrons. The van der Waals surface area contributed by atoms with E-state index in [-0.39, 0.29) is 11.9 Å². The fourth-order valence-electron chi connectivity index (χ4n) is 1.87. The van der Waals surface area contributed by atoms with Gasteiger partial charge in [-0.3, -0.25) is 4.79 Å². The highest BCUT2D eigenvalue weighted by atomic mass is 16.2. The molecule has 0 saturated heterocycles. The Bertz CT molecular complexity index is 369. The molecule has 1 aromatic rings. The van der Waals surface area contributed by atoms with E-state index in [9.17, 15) is 4.79 Å². The van der Waals surface area contributed by atoms with Gasteiger partial charge in [0.1, 0.15) is 0 Å². The molecule has 0 aliphatic carbocycles. The summed E-state index contributed by atoms with van der Waals surface area (Å²) in [7, 11) is 0. The van der Waals surface area contributed by atoms with E-state index in [1.54, 1.807) is 0 Å². The third-order valence-electron chi connectivity index (χ3n) is 3.18. The van der Waals surface area contributed by atoms with Crippen molar-refractivity contribution in [2.45, 2.75) is 40.3 Å². The molecule has 18 heavy (non-hydrogen) atoms. The van der Waals surface area contributed by atoms with Crippen molar-refractivity contribution in [3.05, 3.63) is 35.4 Å². The Balaban J connectivity index is 2.47. The van der Waals surface area contributed by atoms with Crippen molar-refractivity contribution in [2.75, 3.05) is 13.1 Å². The van der Waals surface area contributed by atoms with Crippen LogP contribution < -0.4 is 5.32 Å². The van der Waals surface area contributed by atoms with Crippen molar-refractivity contribution >= 4 is 5.91 Å². The average Bonchev–Trinajstić information content (AvgIpc) is 2.39. The highest BCUT2D eigenvalue weighted by Crippen LogP contribution is 2.03. The van der Waals surface area contributed by atoms with E-state index >= 15 is 0 Å². The van der Waals surface area contributed by atoms with Gasteiger partial charge in [0, 0.05) is 19.6 Å². The topological polar surface area (TPSA) is 32.3 Å². The number of nitrogens with zero attached hydrogens (tertiary/aromatic N) is 1. The van der Waals surface area contributed by atoms with Crippen molar-refractivity contribution in [3.8, 4) is 0 Å². The van der Waals surface area contributed by atoms with Crippen LogP contribution in [-0.4, -0.2) is 29.9 Å². The van der Waals surface area contributed by atoms with Crippen molar-refractivity contribution in [3.63, 3.8) is 0 Å². The van der Waals surface area contributed by atoms with Crippen molar-refractivity contribution in [1.29, 1.82) is 0 Å². The molecular weight excluding hydrogens is 224 g/mol. The zero-order valence-corrected chi connectivity index (χ0v) is 11.9. The van der Waals surface area contributed by atoms with Gasteiger partial charge in [-0.1, -0.05) is 29.8 Å². The van der Waals surface area contributed by atoms with E-state index < -0.39 is 0 Å². The molecule has 0 saturated carbocycles. The molecule has 0 aliphatic rings. The molecule has 0 radical (unpaired) electrons. The first-order chi connectivity index (χ1) is 8.58. The Morgan fingerprint density at radius 3 is 2.28 bits per heavy atom. The fourth-order valence-corrected chi connectivity index (χ4v) is 1.87. The Hall–Kier alpha value is -1.35. The number of rotatable bonds is 6. The second kappa shape index (κ2) is 7.17. The van der Waals surface area contributed by atoms with Crippen LogP contribution in [0.4, 0.5) is 0 Å². The van der Waals surface area contributed by atoms with Gasteiger partial charge < -0.3 is 10.2 Å². The zero-order valence-electron chi connectivity index (χ0n) is 11.9. The van der Waals surface area contributed by atoms with Crippen LogP contribution >= 0.6 is 0 Å². The summed E-state index contributed by atoms with van der Waals surface area (Å²) < 4.78 is 0. The predicted molar refractivity (Wildman–Crippen MR) is 75.4 cm³/mol. The summed E-state index contributed by atoms with van der Waals surface area (Å²) in [6.45, 7) is 10.3. The molecular formula is C15H24N2O. The summed E-state index contributed by atoms with van der Waals surface area (Å²) >= 11 is 0. The highest BCUT2D eigenvalue weighted by molar-refractivity contribution is 5.81. The van der Waals surface area contributed by atoms with Crippen molar-refractivity contribution in [2.24, 2.45) is 0 Å². The quantitative estimate of drug-likeness (QED) is 0.838. The summed E-state index contributed by atoms with van der Waals surface area (Å²) in [6, 6.07) is 8.24. The predicted octanol–water partition coefficient (Wildman–Crippen LogP) is 2.34. The van der Waals surface area contributed by atoms with E-state index in [0.717, 1.165) is 19.6 Å². The lowest BCUT2D eigenvalue weighted by Crippen LogP contribution is -2.44. The van der Waals surface area contributed by atoms with Crippen molar-refractivity contribution < 1.29 is 4.79 Å². The maximum atomic E-state index is 12.0. The number of nitrogens with one attached hydrogen (secondary N) is 1. The first-order valence-corrected chi connectivity index (χ1v) is 6.66. The molecule has 3 heteroatoms. The first kappa shape index (κ1) is 14.7. The molecule has 1 rings (SSSR count). The van der Waals surface area contributed by atoms with Gasteiger partial charge in [-0.05, 0) is 33.3 Å². The molecule has 1 atom stereocenters. The third-order valence-corrected chi connectivity index (χ3v) is 3.18. The summed E-state index contributed by atoms with van der Waals surface area (Å²) in [5.41, 5.74) is 2.46.